The Morgan fingerprint density at radius 1 is 1.60 bits per heavy atom. The lowest BCUT2D eigenvalue weighted by molar-refractivity contribution is -0.121. The van der Waals surface area contributed by atoms with Gasteiger partial charge in [-0.1, -0.05) is 0 Å². The summed E-state index contributed by atoms with van der Waals surface area (Å²) in [6.07, 6.45) is 2.87. The molecule has 88 valence electrons. The van der Waals surface area contributed by atoms with Crippen LogP contribution in [0.5, 0.6) is 0 Å². The van der Waals surface area contributed by atoms with Gasteiger partial charge in [-0.2, -0.15) is 0 Å². The van der Waals surface area contributed by atoms with E-state index in [0.29, 0.717) is 32.1 Å². The van der Waals surface area contributed by atoms with E-state index in [2.05, 4.69) is 10.6 Å². The summed E-state index contributed by atoms with van der Waals surface area (Å²) < 4.78 is 5.14. The van der Waals surface area contributed by atoms with Crippen molar-refractivity contribution in [1.29, 1.82) is 0 Å². The van der Waals surface area contributed by atoms with Crippen LogP contribution in [0.1, 0.15) is 26.2 Å². The number of amides is 1. The summed E-state index contributed by atoms with van der Waals surface area (Å²) in [6, 6.07) is 0. The molecule has 0 bridgehead atoms. The fourth-order valence-corrected chi connectivity index (χ4v) is 1.79. The summed E-state index contributed by atoms with van der Waals surface area (Å²) in [5, 5.41) is 6.16. The van der Waals surface area contributed by atoms with E-state index in [0.717, 1.165) is 19.5 Å². The average molecular weight is 214 g/mol. The van der Waals surface area contributed by atoms with Crippen molar-refractivity contribution in [2.45, 2.75) is 26.2 Å². The zero-order valence-electron chi connectivity index (χ0n) is 9.55. The van der Waals surface area contributed by atoms with Crippen LogP contribution in [0.2, 0.25) is 0 Å². The first-order valence-corrected chi connectivity index (χ1v) is 5.88. The molecule has 0 saturated carbocycles. The van der Waals surface area contributed by atoms with Gasteiger partial charge in [0, 0.05) is 19.6 Å². The standard InChI is InChI=1S/C11H22N2O2/c1-2-15-8-7-13-11(14)4-3-10-5-6-12-9-10/h10,12H,2-9H2,1H3,(H,13,14). The van der Waals surface area contributed by atoms with Gasteiger partial charge in [0.2, 0.25) is 5.91 Å². The van der Waals surface area contributed by atoms with Crippen molar-refractivity contribution in [1.82, 2.24) is 10.6 Å². The molecule has 1 saturated heterocycles. The summed E-state index contributed by atoms with van der Waals surface area (Å²) in [7, 11) is 0. The van der Waals surface area contributed by atoms with Crippen LogP contribution in [0, 0.1) is 5.92 Å². The highest BCUT2D eigenvalue weighted by Crippen LogP contribution is 2.13. The lowest BCUT2D eigenvalue weighted by atomic mass is 10.0. The van der Waals surface area contributed by atoms with Gasteiger partial charge in [-0.05, 0) is 38.8 Å². The number of ether oxygens (including phenoxy) is 1. The van der Waals surface area contributed by atoms with E-state index < -0.39 is 0 Å². The van der Waals surface area contributed by atoms with Crippen molar-refractivity contribution in [3.63, 3.8) is 0 Å². The summed E-state index contributed by atoms with van der Waals surface area (Å²) in [4.78, 5) is 11.4. The predicted molar refractivity (Wildman–Crippen MR) is 59.7 cm³/mol. The number of hydrogen-bond acceptors (Lipinski definition) is 3. The molecule has 1 unspecified atom stereocenters. The third-order valence-corrected chi connectivity index (χ3v) is 2.71. The first-order chi connectivity index (χ1) is 7.33. The lowest BCUT2D eigenvalue weighted by Crippen LogP contribution is -2.27. The van der Waals surface area contributed by atoms with Crippen molar-refractivity contribution in [3.05, 3.63) is 0 Å². The minimum Gasteiger partial charge on any atom is -0.380 e. The zero-order chi connectivity index (χ0) is 10.9. The number of nitrogens with one attached hydrogen (secondary N) is 2. The third-order valence-electron chi connectivity index (χ3n) is 2.71. The monoisotopic (exact) mass is 214 g/mol. The molecule has 1 heterocycles. The topological polar surface area (TPSA) is 50.4 Å². The molecule has 0 aromatic heterocycles. The molecule has 0 spiro atoms. The molecular formula is C11H22N2O2. The van der Waals surface area contributed by atoms with E-state index in [-0.39, 0.29) is 5.91 Å². The number of carbonyl (C=O) groups excluding carboxylic acids is 1. The molecular weight excluding hydrogens is 192 g/mol. The van der Waals surface area contributed by atoms with Gasteiger partial charge in [-0.3, -0.25) is 4.79 Å². The third kappa shape index (κ3) is 5.74. The van der Waals surface area contributed by atoms with E-state index in [1.807, 2.05) is 6.92 Å². The SMILES string of the molecule is CCOCCNC(=O)CCC1CCNC1. The van der Waals surface area contributed by atoms with Crippen LogP contribution in [-0.2, 0) is 9.53 Å². The maximum absolute atomic E-state index is 11.4. The van der Waals surface area contributed by atoms with E-state index in [1.54, 1.807) is 0 Å². The van der Waals surface area contributed by atoms with Crippen LogP contribution in [0.25, 0.3) is 0 Å². The van der Waals surface area contributed by atoms with Gasteiger partial charge in [0.05, 0.1) is 6.61 Å². The Morgan fingerprint density at radius 3 is 3.13 bits per heavy atom. The molecule has 4 nitrogen and oxygen atoms in total. The van der Waals surface area contributed by atoms with Crippen molar-refractivity contribution >= 4 is 5.91 Å². The van der Waals surface area contributed by atoms with Crippen LogP contribution in [0.3, 0.4) is 0 Å². The second-order valence-corrected chi connectivity index (χ2v) is 3.94. The molecule has 1 rings (SSSR count). The highest BCUT2D eigenvalue weighted by molar-refractivity contribution is 5.75. The maximum Gasteiger partial charge on any atom is 0.220 e. The van der Waals surface area contributed by atoms with Gasteiger partial charge in [0.15, 0.2) is 0 Å². The number of rotatable bonds is 7. The molecule has 0 aromatic rings. The first kappa shape index (κ1) is 12.5. The van der Waals surface area contributed by atoms with Gasteiger partial charge in [-0.25, -0.2) is 0 Å². The fraction of sp³-hybridized carbons (Fsp3) is 0.909. The first-order valence-electron chi connectivity index (χ1n) is 5.88. The highest BCUT2D eigenvalue weighted by Gasteiger charge is 2.15. The van der Waals surface area contributed by atoms with Crippen LogP contribution >= 0.6 is 0 Å². The number of hydrogen-bond donors (Lipinski definition) is 2. The van der Waals surface area contributed by atoms with E-state index >= 15 is 0 Å². The Kier molecular flexibility index (Phi) is 6.36. The summed E-state index contributed by atoms with van der Waals surface area (Å²) in [6.45, 7) is 6.10. The quantitative estimate of drug-likeness (QED) is 0.608. The van der Waals surface area contributed by atoms with E-state index in [1.165, 1.54) is 6.42 Å². The largest absolute Gasteiger partial charge is 0.380 e. The zero-order valence-corrected chi connectivity index (χ0v) is 9.55. The Hall–Kier alpha value is -0.610. The minimum absolute atomic E-state index is 0.154. The molecule has 15 heavy (non-hydrogen) atoms. The van der Waals surface area contributed by atoms with Crippen LogP contribution in [0.15, 0.2) is 0 Å². The highest BCUT2D eigenvalue weighted by atomic mass is 16.5. The molecule has 1 atom stereocenters. The van der Waals surface area contributed by atoms with Crippen molar-refractivity contribution in [2.24, 2.45) is 5.92 Å². The van der Waals surface area contributed by atoms with Gasteiger partial charge in [0.1, 0.15) is 0 Å². The minimum atomic E-state index is 0.154. The Balaban J connectivity index is 1.93. The fourth-order valence-electron chi connectivity index (χ4n) is 1.79. The maximum atomic E-state index is 11.4. The normalized spacial score (nSPS) is 20.5. The Morgan fingerprint density at radius 2 is 2.47 bits per heavy atom. The van der Waals surface area contributed by atoms with Crippen LogP contribution in [-0.4, -0.2) is 38.8 Å². The van der Waals surface area contributed by atoms with Gasteiger partial charge >= 0.3 is 0 Å². The molecule has 0 radical (unpaired) electrons. The molecule has 1 amide bonds. The average Bonchev–Trinajstić information content (AvgIpc) is 2.74. The van der Waals surface area contributed by atoms with Crippen molar-refractivity contribution in [3.8, 4) is 0 Å². The van der Waals surface area contributed by atoms with Crippen molar-refractivity contribution < 1.29 is 9.53 Å². The second kappa shape index (κ2) is 7.65. The summed E-state index contributed by atoms with van der Waals surface area (Å²) in [5.74, 6) is 0.851. The molecule has 1 aliphatic heterocycles. The van der Waals surface area contributed by atoms with Gasteiger partial charge < -0.3 is 15.4 Å². The van der Waals surface area contributed by atoms with Crippen LogP contribution < -0.4 is 10.6 Å². The van der Waals surface area contributed by atoms with Gasteiger partial charge in [0.25, 0.3) is 0 Å². The van der Waals surface area contributed by atoms with Gasteiger partial charge in [-0.15, -0.1) is 0 Å². The molecule has 0 aliphatic carbocycles. The van der Waals surface area contributed by atoms with Crippen molar-refractivity contribution in [2.75, 3.05) is 32.8 Å². The molecule has 0 aromatic carbocycles. The Bertz CT molecular complexity index is 179. The van der Waals surface area contributed by atoms with Crippen LogP contribution in [0.4, 0.5) is 0 Å². The lowest BCUT2D eigenvalue weighted by Gasteiger charge is -2.08. The summed E-state index contributed by atoms with van der Waals surface area (Å²) >= 11 is 0. The molecule has 1 fully saturated rings. The number of carbonyl (C=O) groups is 1. The Labute approximate surface area is 91.8 Å². The second-order valence-electron chi connectivity index (χ2n) is 3.94. The molecule has 1 aliphatic rings. The molecule has 2 N–H and O–H groups in total. The smallest absolute Gasteiger partial charge is 0.220 e. The summed E-state index contributed by atoms with van der Waals surface area (Å²) in [5.41, 5.74) is 0. The predicted octanol–water partition coefficient (Wildman–Crippen LogP) is 0.529. The molecule has 4 heteroatoms. The van der Waals surface area contributed by atoms with E-state index in [4.69, 9.17) is 4.74 Å². The van der Waals surface area contributed by atoms with E-state index in [9.17, 15) is 4.79 Å².